The van der Waals surface area contributed by atoms with E-state index in [1.165, 1.54) is 12.1 Å². The van der Waals surface area contributed by atoms with Gasteiger partial charge >= 0.3 is 5.97 Å². The van der Waals surface area contributed by atoms with Crippen molar-refractivity contribution in [2.24, 2.45) is 5.14 Å². The van der Waals surface area contributed by atoms with E-state index < -0.39 is 28.0 Å². The van der Waals surface area contributed by atoms with Crippen molar-refractivity contribution in [3.8, 4) is 0 Å². The van der Waals surface area contributed by atoms with Gasteiger partial charge in [0.25, 0.3) is 5.91 Å². The molecule has 0 aliphatic rings. The molecule has 8 heteroatoms. The zero-order valence-corrected chi connectivity index (χ0v) is 17.8. The monoisotopic (exact) mass is 438 g/mol. The Labute approximate surface area is 180 Å². The second kappa shape index (κ2) is 9.11. The van der Waals surface area contributed by atoms with Gasteiger partial charge in [-0.05, 0) is 43.7 Å². The fourth-order valence-corrected chi connectivity index (χ4v) is 3.76. The third-order valence-corrected chi connectivity index (χ3v) is 5.67. The Morgan fingerprint density at radius 2 is 1.58 bits per heavy atom. The molecule has 0 aliphatic carbocycles. The molecule has 0 saturated heterocycles. The number of ether oxygens (including phenoxy) is 1. The van der Waals surface area contributed by atoms with Gasteiger partial charge in [-0.2, -0.15) is 0 Å². The molecular weight excluding hydrogens is 416 g/mol. The number of sulfonamides is 1. The maximum absolute atomic E-state index is 12.9. The van der Waals surface area contributed by atoms with Crippen LogP contribution in [0, 0.1) is 13.8 Å². The molecule has 3 rings (SSSR count). The summed E-state index contributed by atoms with van der Waals surface area (Å²) in [4.78, 5) is 25.5. The van der Waals surface area contributed by atoms with Crippen LogP contribution >= 0.6 is 0 Å². The number of nitrogens with two attached hydrogens (primary N) is 1. The molecule has 1 atom stereocenters. The highest BCUT2D eigenvalue weighted by Gasteiger charge is 2.26. The molecule has 0 fully saturated rings. The summed E-state index contributed by atoms with van der Waals surface area (Å²) in [6.45, 7) is 3.49. The average Bonchev–Trinajstić information content (AvgIpc) is 2.73. The molecule has 3 aromatic carbocycles. The molecule has 0 heterocycles. The summed E-state index contributed by atoms with van der Waals surface area (Å²) in [5, 5.41) is 7.96. The first-order valence-electron chi connectivity index (χ1n) is 9.42. The van der Waals surface area contributed by atoms with E-state index in [0.29, 0.717) is 16.8 Å². The SMILES string of the molecule is Cc1ccc(NC(=O)C(OC(=O)c2ccc(C)c(S(N)(=O)=O)c2)c2ccccc2)cc1. The maximum Gasteiger partial charge on any atom is 0.339 e. The van der Waals surface area contributed by atoms with Crippen molar-refractivity contribution in [3.05, 3.63) is 95.1 Å². The van der Waals surface area contributed by atoms with Gasteiger partial charge in [0.15, 0.2) is 0 Å². The van der Waals surface area contributed by atoms with Gasteiger partial charge in [0.05, 0.1) is 10.5 Å². The Balaban J connectivity index is 1.89. The van der Waals surface area contributed by atoms with Gasteiger partial charge in [-0.3, -0.25) is 4.79 Å². The van der Waals surface area contributed by atoms with Crippen LogP contribution in [0.3, 0.4) is 0 Å². The molecule has 1 amide bonds. The maximum atomic E-state index is 12.9. The van der Waals surface area contributed by atoms with E-state index in [2.05, 4.69) is 5.32 Å². The summed E-state index contributed by atoms with van der Waals surface area (Å²) in [6.07, 6.45) is -1.24. The number of carbonyl (C=O) groups is 2. The van der Waals surface area contributed by atoms with Crippen LogP contribution in [0.1, 0.15) is 33.2 Å². The fraction of sp³-hybridized carbons (Fsp3) is 0.130. The van der Waals surface area contributed by atoms with Gasteiger partial charge in [0.2, 0.25) is 16.1 Å². The first-order chi connectivity index (χ1) is 14.6. The Hall–Kier alpha value is -3.49. The molecule has 0 saturated carbocycles. The summed E-state index contributed by atoms with van der Waals surface area (Å²) in [7, 11) is -4.02. The number of carbonyl (C=O) groups excluding carboxylic acids is 2. The largest absolute Gasteiger partial charge is 0.444 e. The molecule has 7 nitrogen and oxygen atoms in total. The zero-order chi connectivity index (χ0) is 22.6. The third kappa shape index (κ3) is 5.56. The number of aryl methyl sites for hydroxylation is 2. The summed E-state index contributed by atoms with van der Waals surface area (Å²) >= 11 is 0. The molecule has 0 bridgehead atoms. The predicted molar refractivity (Wildman–Crippen MR) is 117 cm³/mol. The lowest BCUT2D eigenvalue weighted by molar-refractivity contribution is -0.125. The van der Waals surface area contributed by atoms with Crippen LogP contribution in [0.5, 0.6) is 0 Å². The van der Waals surface area contributed by atoms with Crippen LogP contribution in [0.15, 0.2) is 77.7 Å². The second-order valence-electron chi connectivity index (χ2n) is 7.08. The van der Waals surface area contributed by atoms with E-state index in [4.69, 9.17) is 9.88 Å². The minimum Gasteiger partial charge on any atom is -0.444 e. The first-order valence-corrected chi connectivity index (χ1v) is 11.0. The summed E-state index contributed by atoms with van der Waals surface area (Å²) in [5.41, 5.74) is 2.43. The number of hydrogen-bond acceptors (Lipinski definition) is 5. The number of primary sulfonamides is 1. The molecule has 0 aromatic heterocycles. The Morgan fingerprint density at radius 3 is 2.19 bits per heavy atom. The Kier molecular flexibility index (Phi) is 6.53. The lowest BCUT2D eigenvalue weighted by Crippen LogP contribution is -2.26. The molecule has 0 aliphatic heterocycles. The molecule has 160 valence electrons. The van der Waals surface area contributed by atoms with Crippen LogP contribution in [-0.2, 0) is 19.6 Å². The molecule has 3 aromatic rings. The molecule has 3 N–H and O–H groups in total. The van der Waals surface area contributed by atoms with E-state index in [1.807, 2.05) is 19.1 Å². The van der Waals surface area contributed by atoms with Crippen molar-refractivity contribution in [2.45, 2.75) is 24.8 Å². The van der Waals surface area contributed by atoms with Crippen molar-refractivity contribution in [2.75, 3.05) is 5.32 Å². The van der Waals surface area contributed by atoms with Gasteiger partial charge in [0, 0.05) is 11.3 Å². The van der Waals surface area contributed by atoms with Gasteiger partial charge in [-0.25, -0.2) is 18.4 Å². The number of benzene rings is 3. The van der Waals surface area contributed by atoms with Gasteiger partial charge < -0.3 is 10.1 Å². The van der Waals surface area contributed by atoms with E-state index in [-0.39, 0.29) is 10.5 Å². The molecule has 0 spiro atoms. The quantitative estimate of drug-likeness (QED) is 0.572. The van der Waals surface area contributed by atoms with Crippen molar-refractivity contribution >= 4 is 27.6 Å². The van der Waals surface area contributed by atoms with Crippen LogP contribution < -0.4 is 10.5 Å². The van der Waals surface area contributed by atoms with E-state index >= 15 is 0 Å². The smallest absolute Gasteiger partial charge is 0.339 e. The lowest BCUT2D eigenvalue weighted by Gasteiger charge is -2.18. The molecule has 0 radical (unpaired) electrons. The van der Waals surface area contributed by atoms with Crippen molar-refractivity contribution in [1.29, 1.82) is 0 Å². The molecular formula is C23H22N2O5S. The minimum absolute atomic E-state index is 0.0290. The number of amides is 1. The highest BCUT2D eigenvalue weighted by Crippen LogP contribution is 2.23. The van der Waals surface area contributed by atoms with Crippen LogP contribution in [0.4, 0.5) is 5.69 Å². The third-order valence-electron chi connectivity index (χ3n) is 4.61. The minimum atomic E-state index is -4.02. The summed E-state index contributed by atoms with van der Waals surface area (Å²) < 4.78 is 29.0. The van der Waals surface area contributed by atoms with Crippen LogP contribution in [0.25, 0.3) is 0 Å². The standard InChI is InChI=1S/C23H22N2O5S/c1-15-8-12-19(13-9-15)25-22(26)21(17-6-4-3-5-7-17)30-23(27)18-11-10-16(2)20(14-18)31(24,28)29/h3-14,21H,1-2H3,(H,25,26)(H2,24,28,29). The van der Waals surface area contributed by atoms with E-state index in [1.54, 1.807) is 49.4 Å². The number of hydrogen-bond donors (Lipinski definition) is 2. The lowest BCUT2D eigenvalue weighted by atomic mass is 10.1. The normalized spacial score (nSPS) is 12.1. The zero-order valence-electron chi connectivity index (χ0n) is 17.0. The number of esters is 1. The van der Waals surface area contributed by atoms with Gasteiger partial charge in [-0.15, -0.1) is 0 Å². The predicted octanol–water partition coefficient (Wildman–Crippen LogP) is 3.49. The van der Waals surface area contributed by atoms with E-state index in [0.717, 1.165) is 11.6 Å². The second-order valence-corrected chi connectivity index (χ2v) is 8.61. The Morgan fingerprint density at radius 1 is 0.935 bits per heavy atom. The molecule has 1 unspecified atom stereocenters. The highest BCUT2D eigenvalue weighted by molar-refractivity contribution is 7.89. The van der Waals surface area contributed by atoms with Crippen LogP contribution in [-0.4, -0.2) is 20.3 Å². The topological polar surface area (TPSA) is 116 Å². The number of nitrogens with one attached hydrogen (secondary N) is 1. The van der Waals surface area contributed by atoms with Crippen molar-refractivity contribution in [1.82, 2.24) is 0 Å². The van der Waals surface area contributed by atoms with Gasteiger partial charge in [-0.1, -0.05) is 54.1 Å². The summed E-state index contributed by atoms with van der Waals surface area (Å²) in [5.74, 6) is -1.39. The first kappa shape index (κ1) is 22.2. The van der Waals surface area contributed by atoms with Crippen LogP contribution in [0.2, 0.25) is 0 Å². The average molecular weight is 439 g/mol. The number of anilines is 1. The summed E-state index contributed by atoms with van der Waals surface area (Å²) in [6, 6.07) is 19.8. The number of rotatable bonds is 6. The Bertz CT molecular complexity index is 1210. The highest BCUT2D eigenvalue weighted by atomic mass is 32.2. The fourth-order valence-electron chi connectivity index (χ4n) is 2.95. The van der Waals surface area contributed by atoms with Crippen molar-refractivity contribution < 1.29 is 22.7 Å². The van der Waals surface area contributed by atoms with E-state index in [9.17, 15) is 18.0 Å². The van der Waals surface area contributed by atoms with Crippen molar-refractivity contribution in [3.63, 3.8) is 0 Å². The molecule has 31 heavy (non-hydrogen) atoms. The van der Waals surface area contributed by atoms with Gasteiger partial charge in [0.1, 0.15) is 0 Å².